The zero-order chi connectivity index (χ0) is 9.26. The second-order valence-electron chi connectivity index (χ2n) is 2.71. The van der Waals surface area contributed by atoms with Crippen LogP contribution in [-0.2, 0) is 4.84 Å². The largest absolute Gasteiger partial charge is 0.263 e. The second kappa shape index (κ2) is 3.70. The van der Waals surface area contributed by atoms with Crippen LogP contribution in [-0.4, -0.2) is 0 Å². The summed E-state index contributed by atoms with van der Waals surface area (Å²) < 4.78 is 0.845. The molecular formula is C9H7BrClNO. The molecule has 2 rings (SSSR count). The van der Waals surface area contributed by atoms with E-state index in [-0.39, 0.29) is 6.10 Å². The molecule has 13 heavy (non-hydrogen) atoms. The van der Waals surface area contributed by atoms with E-state index in [1.807, 2.05) is 30.3 Å². The van der Waals surface area contributed by atoms with Crippen molar-refractivity contribution < 1.29 is 4.84 Å². The van der Waals surface area contributed by atoms with E-state index in [4.69, 9.17) is 16.4 Å². The van der Waals surface area contributed by atoms with E-state index in [1.165, 1.54) is 0 Å². The monoisotopic (exact) mass is 259 g/mol. The van der Waals surface area contributed by atoms with Gasteiger partial charge in [0, 0.05) is 5.02 Å². The van der Waals surface area contributed by atoms with Crippen molar-refractivity contribution in [3.63, 3.8) is 0 Å². The van der Waals surface area contributed by atoms with Crippen molar-refractivity contribution in [3.8, 4) is 0 Å². The number of hydrogen-bond donors (Lipinski definition) is 1. The van der Waals surface area contributed by atoms with Gasteiger partial charge in [-0.15, -0.1) is 0 Å². The van der Waals surface area contributed by atoms with Crippen molar-refractivity contribution in [1.29, 1.82) is 0 Å². The molecule has 2 nitrogen and oxygen atoms in total. The summed E-state index contributed by atoms with van der Waals surface area (Å²) >= 11 is 9.14. The van der Waals surface area contributed by atoms with E-state index in [2.05, 4.69) is 21.4 Å². The fraction of sp³-hybridized carbons (Fsp3) is 0.111. The van der Waals surface area contributed by atoms with Crippen LogP contribution in [0.5, 0.6) is 0 Å². The summed E-state index contributed by atoms with van der Waals surface area (Å²) in [5, 5.41) is 0.720. The van der Waals surface area contributed by atoms with Crippen LogP contribution in [0, 0.1) is 0 Å². The smallest absolute Gasteiger partial charge is 0.131 e. The van der Waals surface area contributed by atoms with Gasteiger partial charge in [-0.25, -0.2) is 0 Å². The highest BCUT2D eigenvalue weighted by Crippen LogP contribution is 2.27. The second-order valence-corrected chi connectivity index (χ2v) is 4.00. The summed E-state index contributed by atoms with van der Waals surface area (Å²) in [5.41, 5.74) is 3.76. The summed E-state index contributed by atoms with van der Waals surface area (Å²) in [6, 6.07) is 7.60. The first-order valence-corrected chi connectivity index (χ1v) is 4.97. The molecule has 0 fully saturated rings. The Labute approximate surface area is 89.6 Å². The van der Waals surface area contributed by atoms with Crippen molar-refractivity contribution in [3.05, 3.63) is 45.5 Å². The zero-order valence-electron chi connectivity index (χ0n) is 6.63. The summed E-state index contributed by atoms with van der Waals surface area (Å²) in [4.78, 5) is 5.26. The molecule has 0 aromatic heterocycles. The zero-order valence-corrected chi connectivity index (χ0v) is 8.97. The molecule has 0 spiro atoms. The summed E-state index contributed by atoms with van der Waals surface area (Å²) in [6.45, 7) is 0. The predicted octanol–water partition coefficient (Wildman–Crippen LogP) is 3.15. The Balaban J connectivity index is 2.26. The van der Waals surface area contributed by atoms with E-state index < -0.39 is 0 Å². The minimum atomic E-state index is -0.0620. The summed E-state index contributed by atoms with van der Waals surface area (Å²) in [6.07, 6.45) is 1.87. The van der Waals surface area contributed by atoms with Gasteiger partial charge in [0.05, 0.1) is 0 Å². The molecule has 0 radical (unpaired) electrons. The van der Waals surface area contributed by atoms with Gasteiger partial charge < -0.3 is 0 Å². The summed E-state index contributed by atoms with van der Waals surface area (Å²) in [7, 11) is 0. The fourth-order valence-electron chi connectivity index (χ4n) is 1.17. The maximum absolute atomic E-state index is 5.85. The van der Waals surface area contributed by atoms with Crippen LogP contribution in [0.3, 0.4) is 0 Å². The average molecular weight is 261 g/mol. The molecule has 1 aliphatic heterocycles. The third-order valence-electron chi connectivity index (χ3n) is 1.76. The van der Waals surface area contributed by atoms with Crippen LogP contribution in [0.1, 0.15) is 11.7 Å². The lowest BCUT2D eigenvalue weighted by Crippen LogP contribution is -2.05. The van der Waals surface area contributed by atoms with Gasteiger partial charge in [-0.2, -0.15) is 0 Å². The standard InChI is InChI=1S/C9H7BrClNO/c10-9-5-8(13-12-9)6-2-1-3-7(11)4-6/h1-5,8,12H. The molecule has 1 N–H and O–H groups in total. The molecule has 1 aliphatic rings. The molecule has 1 aromatic carbocycles. The van der Waals surface area contributed by atoms with Gasteiger partial charge in [0.15, 0.2) is 0 Å². The first kappa shape index (κ1) is 9.06. The van der Waals surface area contributed by atoms with E-state index in [0.717, 1.165) is 15.2 Å². The Kier molecular flexibility index (Phi) is 2.58. The quantitative estimate of drug-likeness (QED) is 0.783. The van der Waals surface area contributed by atoms with Gasteiger partial charge in [0.2, 0.25) is 0 Å². The lowest BCUT2D eigenvalue weighted by Gasteiger charge is -2.06. The molecule has 0 aliphatic carbocycles. The molecule has 0 saturated carbocycles. The van der Waals surface area contributed by atoms with Crippen LogP contribution in [0.25, 0.3) is 0 Å². The van der Waals surface area contributed by atoms with Gasteiger partial charge in [-0.1, -0.05) is 23.7 Å². The molecule has 0 bridgehead atoms. The topological polar surface area (TPSA) is 21.3 Å². The van der Waals surface area contributed by atoms with Gasteiger partial charge in [-0.05, 0) is 39.7 Å². The lowest BCUT2D eigenvalue weighted by molar-refractivity contribution is 0.0458. The molecular weight excluding hydrogens is 253 g/mol. The molecule has 4 heteroatoms. The summed E-state index contributed by atoms with van der Waals surface area (Å²) in [5.74, 6) is 0. The minimum absolute atomic E-state index is 0.0620. The number of benzene rings is 1. The Bertz CT molecular complexity index is 353. The Hall–Kier alpha value is -0.510. The number of hydroxylamine groups is 1. The third-order valence-corrected chi connectivity index (χ3v) is 2.42. The molecule has 1 atom stereocenters. The van der Waals surface area contributed by atoms with Gasteiger partial charge >= 0.3 is 0 Å². The van der Waals surface area contributed by atoms with Gasteiger partial charge in [-0.3, -0.25) is 10.3 Å². The molecule has 68 valence electrons. The number of halogens is 2. The maximum atomic E-state index is 5.85. The highest BCUT2D eigenvalue weighted by atomic mass is 79.9. The SMILES string of the molecule is Clc1cccc(C2C=C(Br)NO2)c1. The average Bonchev–Trinajstić information content (AvgIpc) is 2.52. The fourth-order valence-corrected chi connectivity index (χ4v) is 1.70. The Morgan fingerprint density at radius 2 is 2.31 bits per heavy atom. The number of hydrogen-bond acceptors (Lipinski definition) is 2. The van der Waals surface area contributed by atoms with Crippen molar-refractivity contribution in [2.45, 2.75) is 6.10 Å². The molecule has 1 unspecified atom stereocenters. The Morgan fingerprint density at radius 3 is 2.92 bits per heavy atom. The molecule has 0 saturated heterocycles. The van der Waals surface area contributed by atoms with Crippen LogP contribution in [0.4, 0.5) is 0 Å². The highest BCUT2D eigenvalue weighted by Gasteiger charge is 2.16. The van der Waals surface area contributed by atoms with E-state index in [0.29, 0.717) is 0 Å². The van der Waals surface area contributed by atoms with E-state index in [1.54, 1.807) is 0 Å². The first-order valence-electron chi connectivity index (χ1n) is 3.80. The predicted molar refractivity (Wildman–Crippen MR) is 55.4 cm³/mol. The highest BCUT2D eigenvalue weighted by molar-refractivity contribution is 9.11. The van der Waals surface area contributed by atoms with E-state index >= 15 is 0 Å². The molecule has 1 heterocycles. The molecule has 1 aromatic rings. The Morgan fingerprint density at radius 1 is 1.46 bits per heavy atom. The van der Waals surface area contributed by atoms with Crippen molar-refractivity contribution in [2.75, 3.05) is 0 Å². The van der Waals surface area contributed by atoms with Crippen LogP contribution >= 0.6 is 27.5 Å². The maximum Gasteiger partial charge on any atom is 0.131 e. The van der Waals surface area contributed by atoms with Gasteiger partial charge in [0.1, 0.15) is 10.7 Å². The third kappa shape index (κ3) is 2.05. The minimum Gasteiger partial charge on any atom is -0.263 e. The first-order chi connectivity index (χ1) is 6.25. The van der Waals surface area contributed by atoms with Crippen LogP contribution in [0.2, 0.25) is 5.02 Å². The molecule has 0 amide bonds. The van der Waals surface area contributed by atoms with E-state index in [9.17, 15) is 0 Å². The number of rotatable bonds is 1. The van der Waals surface area contributed by atoms with Crippen LogP contribution < -0.4 is 5.48 Å². The van der Waals surface area contributed by atoms with Crippen molar-refractivity contribution in [1.82, 2.24) is 5.48 Å². The lowest BCUT2D eigenvalue weighted by atomic mass is 10.1. The van der Waals surface area contributed by atoms with Crippen LogP contribution in [0.15, 0.2) is 34.9 Å². The van der Waals surface area contributed by atoms with Crippen molar-refractivity contribution >= 4 is 27.5 Å². The van der Waals surface area contributed by atoms with Crippen molar-refractivity contribution in [2.24, 2.45) is 0 Å². The van der Waals surface area contributed by atoms with Gasteiger partial charge in [0.25, 0.3) is 0 Å². The normalized spacial score (nSPS) is 21.1. The number of nitrogens with one attached hydrogen (secondary N) is 1.